The first kappa shape index (κ1) is 17.5. The van der Waals surface area contributed by atoms with Gasteiger partial charge >= 0.3 is 0 Å². The summed E-state index contributed by atoms with van der Waals surface area (Å²) >= 11 is 0. The number of carbonyl (C=O) groups excluding carboxylic acids is 2. The summed E-state index contributed by atoms with van der Waals surface area (Å²) in [7, 11) is 1.48. The molecule has 2 aromatic carbocycles. The Hall–Kier alpha value is -2.82. The number of aldehydes is 1. The lowest BCUT2D eigenvalue weighted by molar-refractivity contribution is -0.118. The second-order valence-electron chi connectivity index (χ2n) is 5.61. The minimum absolute atomic E-state index is 0.150. The third kappa shape index (κ3) is 4.35. The van der Waals surface area contributed by atoms with E-state index in [1.165, 1.54) is 7.11 Å². The van der Waals surface area contributed by atoms with Crippen LogP contribution in [0.4, 0.5) is 5.69 Å². The molecule has 5 nitrogen and oxygen atoms in total. The Morgan fingerprint density at radius 2 is 1.92 bits per heavy atom. The monoisotopic (exact) mass is 327 g/mol. The lowest BCUT2D eigenvalue weighted by Gasteiger charge is -2.14. The minimum Gasteiger partial charge on any atom is -0.493 e. The van der Waals surface area contributed by atoms with Crippen molar-refractivity contribution in [2.45, 2.75) is 19.8 Å². The standard InChI is InChI=1S/C19H21NO4/c1-13(2)15-6-4-5-7-16(15)20-19(22)12-24-17-9-8-14(11-21)10-18(17)23-3/h4-11,13H,12H2,1-3H3,(H,20,22). The number of amides is 1. The number of anilines is 1. The summed E-state index contributed by atoms with van der Waals surface area (Å²) in [5, 5.41) is 2.86. The van der Waals surface area contributed by atoms with Crippen LogP contribution in [0.3, 0.4) is 0 Å². The number of benzene rings is 2. The highest BCUT2D eigenvalue weighted by Crippen LogP contribution is 2.28. The molecule has 0 aliphatic carbocycles. The zero-order chi connectivity index (χ0) is 17.5. The van der Waals surface area contributed by atoms with Gasteiger partial charge in [-0.3, -0.25) is 9.59 Å². The second kappa shape index (κ2) is 8.15. The molecule has 0 saturated heterocycles. The summed E-state index contributed by atoms with van der Waals surface area (Å²) in [5.41, 5.74) is 2.33. The number of nitrogens with one attached hydrogen (secondary N) is 1. The van der Waals surface area contributed by atoms with Crippen molar-refractivity contribution in [1.82, 2.24) is 0 Å². The maximum absolute atomic E-state index is 12.2. The zero-order valence-corrected chi connectivity index (χ0v) is 14.0. The average Bonchev–Trinajstić information content (AvgIpc) is 2.60. The molecule has 0 saturated carbocycles. The maximum Gasteiger partial charge on any atom is 0.262 e. The third-order valence-electron chi connectivity index (χ3n) is 3.54. The van der Waals surface area contributed by atoms with E-state index in [9.17, 15) is 9.59 Å². The van der Waals surface area contributed by atoms with Crippen molar-refractivity contribution in [3.63, 3.8) is 0 Å². The van der Waals surface area contributed by atoms with E-state index in [2.05, 4.69) is 19.2 Å². The van der Waals surface area contributed by atoms with Crippen LogP contribution in [0.25, 0.3) is 0 Å². The molecule has 0 aliphatic rings. The molecule has 24 heavy (non-hydrogen) atoms. The molecule has 0 atom stereocenters. The molecule has 5 heteroatoms. The fourth-order valence-corrected chi connectivity index (χ4v) is 2.32. The van der Waals surface area contributed by atoms with Crippen LogP contribution in [0, 0.1) is 0 Å². The summed E-state index contributed by atoms with van der Waals surface area (Å²) in [5.74, 6) is 0.869. The molecule has 0 bridgehead atoms. The normalized spacial score (nSPS) is 10.3. The lowest BCUT2D eigenvalue weighted by atomic mass is 10.0. The Morgan fingerprint density at radius 1 is 1.17 bits per heavy atom. The van der Waals surface area contributed by atoms with E-state index in [4.69, 9.17) is 9.47 Å². The second-order valence-corrected chi connectivity index (χ2v) is 5.61. The average molecular weight is 327 g/mol. The third-order valence-corrected chi connectivity index (χ3v) is 3.54. The van der Waals surface area contributed by atoms with Crippen LogP contribution in [-0.4, -0.2) is 25.9 Å². The van der Waals surface area contributed by atoms with Crippen LogP contribution in [0.2, 0.25) is 0 Å². The molecular weight excluding hydrogens is 306 g/mol. The summed E-state index contributed by atoms with van der Waals surface area (Å²) in [4.78, 5) is 22.9. The predicted molar refractivity (Wildman–Crippen MR) is 93.0 cm³/mol. The number of carbonyl (C=O) groups is 2. The van der Waals surface area contributed by atoms with Crippen LogP contribution >= 0.6 is 0 Å². The molecule has 0 heterocycles. The quantitative estimate of drug-likeness (QED) is 0.788. The minimum atomic E-state index is -0.260. The molecule has 0 aromatic heterocycles. The number of hydrogen-bond donors (Lipinski definition) is 1. The predicted octanol–water partition coefficient (Wildman–Crippen LogP) is 3.65. The van der Waals surface area contributed by atoms with Crippen LogP contribution in [-0.2, 0) is 4.79 Å². The van der Waals surface area contributed by atoms with E-state index in [0.29, 0.717) is 23.0 Å². The van der Waals surface area contributed by atoms with Crippen LogP contribution in [0.5, 0.6) is 11.5 Å². The van der Waals surface area contributed by atoms with Gasteiger partial charge in [-0.25, -0.2) is 0 Å². The first-order valence-corrected chi connectivity index (χ1v) is 7.70. The topological polar surface area (TPSA) is 64.6 Å². The van der Waals surface area contributed by atoms with Gasteiger partial charge in [-0.2, -0.15) is 0 Å². The Balaban J connectivity index is 2.03. The van der Waals surface area contributed by atoms with Gasteiger partial charge in [0.2, 0.25) is 0 Å². The summed E-state index contributed by atoms with van der Waals surface area (Å²) < 4.78 is 10.7. The van der Waals surface area contributed by atoms with Crippen LogP contribution < -0.4 is 14.8 Å². The fraction of sp³-hybridized carbons (Fsp3) is 0.263. The molecule has 0 spiro atoms. The van der Waals surface area contributed by atoms with Crippen LogP contribution in [0.15, 0.2) is 42.5 Å². The molecule has 1 N–H and O–H groups in total. The van der Waals surface area contributed by atoms with E-state index < -0.39 is 0 Å². The van der Waals surface area contributed by atoms with Crippen molar-refractivity contribution in [2.24, 2.45) is 0 Å². The molecule has 1 amide bonds. The smallest absolute Gasteiger partial charge is 0.262 e. The van der Waals surface area contributed by atoms with Gasteiger partial charge in [0, 0.05) is 11.3 Å². The van der Waals surface area contributed by atoms with Gasteiger partial charge in [-0.05, 0) is 35.7 Å². The summed E-state index contributed by atoms with van der Waals surface area (Å²) in [6.07, 6.45) is 0.724. The molecule has 0 fully saturated rings. The Kier molecular flexibility index (Phi) is 5.95. The van der Waals surface area contributed by atoms with E-state index in [1.54, 1.807) is 18.2 Å². The largest absolute Gasteiger partial charge is 0.493 e. The van der Waals surface area contributed by atoms with Crippen molar-refractivity contribution >= 4 is 17.9 Å². The SMILES string of the molecule is COc1cc(C=O)ccc1OCC(=O)Nc1ccccc1C(C)C. The first-order chi connectivity index (χ1) is 11.5. The van der Waals surface area contributed by atoms with E-state index in [0.717, 1.165) is 17.5 Å². The highest BCUT2D eigenvalue weighted by molar-refractivity contribution is 5.92. The van der Waals surface area contributed by atoms with Gasteiger partial charge in [0.15, 0.2) is 18.1 Å². The highest BCUT2D eigenvalue weighted by atomic mass is 16.5. The van der Waals surface area contributed by atoms with Crippen molar-refractivity contribution in [2.75, 3.05) is 19.0 Å². The van der Waals surface area contributed by atoms with Gasteiger partial charge in [0.05, 0.1) is 7.11 Å². The van der Waals surface area contributed by atoms with Crippen LogP contribution in [0.1, 0.15) is 35.7 Å². The molecule has 0 aliphatic heterocycles. The van der Waals surface area contributed by atoms with Crippen molar-refractivity contribution in [3.8, 4) is 11.5 Å². The number of methoxy groups -OCH3 is 1. The van der Waals surface area contributed by atoms with Gasteiger partial charge in [0.1, 0.15) is 6.29 Å². The van der Waals surface area contributed by atoms with E-state index in [1.807, 2.05) is 24.3 Å². The van der Waals surface area contributed by atoms with Crippen molar-refractivity contribution < 1.29 is 19.1 Å². The Morgan fingerprint density at radius 3 is 2.58 bits per heavy atom. The van der Waals surface area contributed by atoms with Gasteiger partial charge in [0.25, 0.3) is 5.91 Å². The zero-order valence-electron chi connectivity index (χ0n) is 14.0. The van der Waals surface area contributed by atoms with Gasteiger partial charge in [-0.1, -0.05) is 32.0 Å². The Labute approximate surface area is 141 Å². The van der Waals surface area contributed by atoms with E-state index >= 15 is 0 Å². The summed E-state index contributed by atoms with van der Waals surface area (Å²) in [6, 6.07) is 12.5. The summed E-state index contributed by atoms with van der Waals surface area (Å²) in [6.45, 7) is 3.99. The Bertz CT molecular complexity index is 725. The molecule has 2 aromatic rings. The lowest BCUT2D eigenvalue weighted by Crippen LogP contribution is -2.21. The van der Waals surface area contributed by atoms with Crippen molar-refractivity contribution in [1.29, 1.82) is 0 Å². The van der Waals surface area contributed by atoms with E-state index in [-0.39, 0.29) is 12.5 Å². The first-order valence-electron chi connectivity index (χ1n) is 7.70. The number of rotatable bonds is 7. The number of ether oxygens (including phenoxy) is 2. The molecule has 2 rings (SSSR count). The molecule has 126 valence electrons. The molecular formula is C19H21NO4. The van der Waals surface area contributed by atoms with Crippen molar-refractivity contribution in [3.05, 3.63) is 53.6 Å². The number of para-hydroxylation sites is 1. The molecule has 0 radical (unpaired) electrons. The molecule has 0 unspecified atom stereocenters. The van der Waals surface area contributed by atoms with Gasteiger partial charge in [-0.15, -0.1) is 0 Å². The van der Waals surface area contributed by atoms with Gasteiger partial charge < -0.3 is 14.8 Å². The fourth-order valence-electron chi connectivity index (χ4n) is 2.32. The number of hydrogen-bond acceptors (Lipinski definition) is 4. The highest BCUT2D eigenvalue weighted by Gasteiger charge is 2.11. The maximum atomic E-state index is 12.2.